The average Bonchev–Trinajstić information content (AvgIpc) is 3.08. The second-order valence-electron chi connectivity index (χ2n) is 5.81. The van der Waals surface area contributed by atoms with Crippen molar-refractivity contribution in [1.29, 1.82) is 0 Å². The van der Waals surface area contributed by atoms with Gasteiger partial charge in [0.15, 0.2) is 0 Å². The van der Waals surface area contributed by atoms with Crippen molar-refractivity contribution in [3.63, 3.8) is 0 Å². The molecule has 0 amide bonds. The zero-order chi connectivity index (χ0) is 14.1. The summed E-state index contributed by atoms with van der Waals surface area (Å²) in [6.07, 6.45) is 7.43. The first-order chi connectivity index (χ1) is 9.63. The van der Waals surface area contributed by atoms with Crippen LogP contribution in [0, 0.1) is 13.8 Å². The van der Waals surface area contributed by atoms with Gasteiger partial charge in [-0.05, 0) is 26.7 Å². The smallest absolute Gasteiger partial charge is 0.124 e. The third-order valence-corrected chi connectivity index (χ3v) is 4.18. The van der Waals surface area contributed by atoms with Crippen LogP contribution in [0.25, 0.3) is 0 Å². The molecule has 1 fully saturated rings. The molecule has 108 valence electrons. The summed E-state index contributed by atoms with van der Waals surface area (Å²) in [5.74, 6) is 1.05. The summed E-state index contributed by atoms with van der Waals surface area (Å²) in [7, 11) is 1.96. The molecule has 1 aliphatic carbocycles. The molecule has 0 aliphatic heterocycles. The molecule has 0 saturated heterocycles. The zero-order valence-corrected chi connectivity index (χ0v) is 12.6. The molecule has 0 aromatic carbocycles. The Morgan fingerprint density at radius 3 is 2.65 bits per heavy atom. The Morgan fingerprint density at radius 2 is 2.00 bits per heavy atom. The molecule has 5 nitrogen and oxygen atoms in total. The van der Waals surface area contributed by atoms with Crippen molar-refractivity contribution >= 4 is 5.82 Å². The van der Waals surface area contributed by atoms with Gasteiger partial charge in [0.1, 0.15) is 5.82 Å². The lowest BCUT2D eigenvalue weighted by atomic mass is 10.2. The summed E-state index contributed by atoms with van der Waals surface area (Å²) in [5.41, 5.74) is 3.44. The highest BCUT2D eigenvalue weighted by Gasteiger charge is 2.18. The van der Waals surface area contributed by atoms with Gasteiger partial charge in [-0.1, -0.05) is 12.8 Å². The van der Waals surface area contributed by atoms with E-state index in [0.29, 0.717) is 6.04 Å². The molecular formula is C15H23N5. The minimum Gasteiger partial charge on any atom is -0.366 e. The van der Waals surface area contributed by atoms with Crippen LogP contribution in [0.4, 0.5) is 5.82 Å². The second kappa shape index (κ2) is 5.31. The first kappa shape index (κ1) is 13.2. The SMILES string of the molecule is Cc1cc(NCc2cn(C3CCCC3)nc2C)n(C)n1. The van der Waals surface area contributed by atoms with Gasteiger partial charge in [-0.3, -0.25) is 9.36 Å². The second-order valence-corrected chi connectivity index (χ2v) is 5.81. The minimum absolute atomic E-state index is 0.612. The molecule has 0 radical (unpaired) electrons. The fourth-order valence-corrected chi connectivity index (χ4v) is 3.01. The van der Waals surface area contributed by atoms with Gasteiger partial charge < -0.3 is 5.32 Å². The lowest BCUT2D eigenvalue weighted by Crippen LogP contribution is -2.05. The molecule has 5 heteroatoms. The summed E-state index contributed by atoms with van der Waals surface area (Å²) in [4.78, 5) is 0. The fraction of sp³-hybridized carbons (Fsp3) is 0.600. The van der Waals surface area contributed by atoms with Crippen LogP contribution in [0.3, 0.4) is 0 Å². The van der Waals surface area contributed by atoms with Gasteiger partial charge in [-0.25, -0.2) is 0 Å². The van der Waals surface area contributed by atoms with Gasteiger partial charge in [0.2, 0.25) is 0 Å². The quantitative estimate of drug-likeness (QED) is 0.931. The van der Waals surface area contributed by atoms with E-state index in [1.54, 1.807) is 0 Å². The number of hydrogen-bond acceptors (Lipinski definition) is 3. The van der Waals surface area contributed by atoms with E-state index < -0.39 is 0 Å². The Hall–Kier alpha value is -1.78. The number of nitrogens with one attached hydrogen (secondary N) is 1. The third-order valence-electron chi connectivity index (χ3n) is 4.18. The van der Waals surface area contributed by atoms with E-state index in [9.17, 15) is 0 Å². The largest absolute Gasteiger partial charge is 0.366 e. The lowest BCUT2D eigenvalue weighted by molar-refractivity contribution is 0.464. The van der Waals surface area contributed by atoms with Crippen LogP contribution < -0.4 is 5.32 Å². The summed E-state index contributed by atoms with van der Waals surface area (Å²) in [6.45, 7) is 4.91. The Kier molecular flexibility index (Phi) is 3.51. The molecule has 2 aromatic heterocycles. The summed E-state index contributed by atoms with van der Waals surface area (Å²) in [5, 5.41) is 12.5. The van der Waals surface area contributed by atoms with E-state index in [0.717, 1.165) is 23.8 Å². The van der Waals surface area contributed by atoms with E-state index in [1.165, 1.54) is 31.2 Å². The van der Waals surface area contributed by atoms with E-state index in [1.807, 2.05) is 18.7 Å². The first-order valence-electron chi connectivity index (χ1n) is 7.42. The van der Waals surface area contributed by atoms with Gasteiger partial charge in [-0.15, -0.1) is 0 Å². The first-order valence-corrected chi connectivity index (χ1v) is 7.42. The standard InChI is InChI=1S/C15H23N5/c1-11-8-15(19(3)17-11)16-9-13-10-20(18-12(13)2)14-6-4-5-7-14/h8,10,14,16H,4-7,9H2,1-3H3. The van der Waals surface area contributed by atoms with Gasteiger partial charge in [-0.2, -0.15) is 10.2 Å². The van der Waals surface area contributed by atoms with Crippen LogP contribution in [0.2, 0.25) is 0 Å². The van der Waals surface area contributed by atoms with Gasteiger partial charge in [0.05, 0.1) is 17.4 Å². The van der Waals surface area contributed by atoms with Crippen LogP contribution in [-0.2, 0) is 13.6 Å². The van der Waals surface area contributed by atoms with Crippen molar-refractivity contribution in [2.24, 2.45) is 7.05 Å². The van der Waals surface area contributed by atoms with Crippen LogP contribution in [0.15, 0.2) is 12.3 Å². The van der Waals surface area contributed by atoms with Gasteiger partial charge in [0.25, 0.3) is 0 Å². The minimum atomic E-state index is 0.612. The third kappa shape index (κ3) is 2.57. The average molecular weight is 273 g/mol. The Balaban J connectivity index is 1.69. The number of hydrogen-bond donors (Lipinski definition) is 1. The lowest BCUT2D eigenvalue weighted by Gasteiger charge is -2.08. The number of rotatable bonds is 4. The maximum atomic E-state index is 4.69. The molecule has 0 unspecified atom stereocenters. The van der Waals surface area contributed by atoms with Crippen molar-refractivity contribution in [3.8, 4) is 0 Å². The monoisotopic (exact) mass is 273 g/mol. The Labute approximate surface area is 120 Å². The van der Waals surface area contributed by atoms with Crippen molar-refractivity contribution < 1.29 is 0 Å². The van der Waals surface area contributed by atoms with Gasteiger partial charge in [0, 0.05) is 31.4 Å². The topological polar surface area (TPSA) is 47.7 Å². The molecule has 2 aromatic rings. The summed E-state index contributed by atoms with van der Waals surface area (Å²) >= 11 is 0. The number of aromatic nitrogens is 4. The molecule has 0 atom stereocenters. The number of anilines is 1. The molecule has 0 bridgehead atoms. The molecule has 1 N–H and O–H groups in total. The molecule has 1 aliphatic rings. The maximum absolute atomic E-state index is 4.69. The Bertz CT molecular complexity index is 589. The predicted molar refractivity (Wildman–Crippen MR) is 79.7 cm³/mol. The van der Waals surface area contributed by atoms with E-state index in [-0.39, 0.29) is 0 Å². The highest BCUT2D eigenvalue weighted by Crippen LogP contribution is 2.29. The Morgan fingerprint density at radius 1 is 1.25 bits per heavy atom. The number of aryl methyl sites for hydroxylation is 3. The number of nitrogens with zero attached hydrogens (tertiary/aromatic N) is 4. The summed E-state index contributed by atoms with van der Waals surface area (Å²) in [6, 6.07) is 2.68. The fourth-order valence-electron chi connectivity index (χ4n) is 3.01. The van der Waals surface area contributed by atoms with E-state index >= 15 is 0 Å². The molecular weight excluding hydrogens is 250 g/mol. The molecule has 20 heavy (non-hydrogen) atoms. The van der Waals surface area contributed by atoms with Gasteiger partial charge >= 0.3 is 0 Å². The normalized spacial score (nSPS) is 15.9. The predicted octanol–water partition coefficient (Wildman–Crippen LogP) is 2.96. The van der Waals surface area contributed by atoms with E-state index in [2.05, 4.69) is 39.4 Å². The zero-order valence-electron chi connectivity index (χ0n) is 12.6. The summed E-state index contributed by atoms with van der Waals surface area (Å²) < 4.78 is 4.06. The van der Waals surface area contributed by atoms with Crippen molar-refractivity contribution in [2.75, 3.05) is 5.32 Å². The molecule has 2 heterocycles. The molecule has 1 saturated carbocycles. The van der Waals surface area contributed by atoms with Crippen molar-refractivity contribution in [2.45, 2.75) is 52.1 Å². The van der Waals surface area contributed by atoms with Crippen LogP contribution in [-0.4, -0.2) is 19.6 Å². The maximum Gasteiger partial charge on any atom is 0.124 e. The molecule has 0 spiro atoms. The van der Waals surface area contributed by atoms with Crippen molar-refractivity contribution in [3.05, 3.63) is 29.2 Å². The van der Waals surface area contributed by atoms with Crippen LogP contribution >= 0.6 is 0 Å². The van der Waals surface area contributed by atoms with E-state index in [4.69, 9.17) is 0 Å². The highest BCUT2D eigenvalue weighted by atomic mass is 15.3. The van der Waals surface area contributed by atoms with Crippen LogP contribution in [0.5, 0.6) is 0 Å². The van der Waals surface area contributed by atoms with Crippen molar-refractivity contribution in [1.82, 2.24) is 19.6 Å². The van der Waals surface area contributed by atoms with Crippen LogP contribution in [0.1, 0.15) is 48.7 Å². The molecule has 3 rings (SSSR count). The highest BCUT2D eigenvalue weighted by molar-refractivity contribution is 5.38.